The Morgan fingerprint density at radius 2 is 2.10 bits per heavy atom. The summed E-state index contributed by atoms with van der Waals surface area (Å²) in [5.41, 5.74) is 0.153. The molecule has 0 amide bonds. The summed E-state index contributed by atoms with van der Waals surface area (Å²) in [4.78, 5) is 33.2. The number of H-pyrrole nitrogens is 1. The molecule has 0 aromatic carbocycles. The summed E-state index contributed by atoms with van der Waals surface area (Å²) < 4.78 is 1.36. The van der Waals surface area contributed by atoms with Crippen LogP contribution in [0.2, 0.25) is 0 Å². The number of pyridine rings is 1. The standard InChI is InChI=1S/C12H9N5O4/c1-5-15-4-17(16-5)11-9-8(7(18)3-14-11)6(2-13-9)10(19)12(20)21/h2-4,13,18H,1H3,(H,20,21). The highest BCUT2D eigenvalue weighted by Crippen LogP contribution is 2.30. The number of aliphatic carboxylic acids is 1. The zero-order chi connectivity index (χ0) is 15.1. The lowest BCUT2D eigenvalue weighted by molar-refractivity contribution is -0.131. The van der Waals surface area contributed by atoms with Crippen molar-refractivity contribution >= 4 is 22.7 Å². The van der Waals surface area contributed by atoms with Crippen molar-refractivity contribution in [1.82, 2.24) is 24.7 Å². The van der Waals surface area contributed by atoms with Crippen molar-refractivity contribution in [2.45, 2.75) is 6.92 Å². The second-order valence-corrected chi connectivity index (χ2v) is 4.29. The molecule has 0 aliphatic heterocycles. The van der Waals surface area contributed by atoms with Crippen LogP contribution in [0.15, 0.2) is 18.7 Å². The Labute approximate surface area is 116 Å². The van der Waals surface area contributed by atoms with Gasteiger partial charge < -0.3 is 15.2 Å². The molecule has 0 bridgehead atoms. The molecule has 0 aliphatic carbocycles. The molecule has 21 heavy (non-hydrogen) atoms. The second-order valence-electron chi connectivity index (χ2n) is 4.29. The van der Waals surface area contributed by atoms with Gasteiger partial charge in [-0.15, -0.1) is 0 Å². The summed E-state index contributed by atoms with van der Waals surface area (Å²) in [6.45, 7) is 1.70. The topological polar surface area (TPSA) is 134 Å². The van der Waals surface area contributed by atoms with Crippen LogP contribution < -0.4 is 0 Å². The first kappa shape index (κ1) is 12.8. The molecule has 106 valence electrons. The zero-order valence-corrected chi connectivity index (χ0v) is 10.7. The van der Waals surface area contributed by atoms with Crippen LogP contribution in [0.3, 0.4) is 0 Å². The average molecular weight is 287 g/mol. The molecule has 3 N–H and O–H groups in total. The van der Waals surface area contributed by atoms with Crippen molar-refractivity contribution in [2.75, 3.05) is 0 Å². The van der Waals surface area contributed by atoms with Gasteiger partial charge in [-0.05, 0) is 6.92 Å². The van der Waals surface area contributed by atoms with Gasteiger partial charge in [-0.25, -0.2) is 19.4 Å². The number of aromatic amines is 1. The number of aryl methyl sites for hydroxylation is 1. The fourth-order valence-electron chi connectivity index (χ4n) is 2.03. The molecular formula is C12H9N5O4. The van der Waals surface area contributed by atoms with E-state index < -0.39 is 11.8 Å². The molecule has 0 atom stereocenters. The van der Waals surface area contributed by atoms with E-state index in [1.165, 1.54) is 17.2 Å². The number of aromatic nitrogens is 5. The third-order valence-corrected chi connectivity index (χ3v) is 2.93. The fraction of sp³-hybridized carbons (Fsp3) is 0.0833. The summed E-state index contributed by atoms with van der Waals surface area (Å²) in [6.07, 6.45) is 3.77. The van der Waals surface area contributed by atoms with Crippen molar-refractivity contribution in [2.24, 2.45) is 0 Å². The minimum absolute atomic E-state index is 0.0838. The van der Waals surface area contributed by atoms with Crippen LogP contribution in [0.5, 0.6) is 5.75 Å². The maximum Gasteiger partial charge on any atom is 0.377 e. The molecule has 3 aromatic rings. The van der Waals surface area contributed by atoms with Crippen molar-refractivity contribution in [3.63, 3.8) is 0 Å². The number of Topliss-reactive ketones (excluding diaryl/α,β-unsaturated/α-hetero) is 1. The third-order valence-electron chi connectivity index (χ3n) is 2.93. The summed E-state index contributed by atoms with van der Waals surface area (Å²) in [6, 6.07) is 0. The van der Waals surface area contributed by atoms with Crippen molar-refractivity contribution < 1.29 is 19.8 Å². The molecule has 0 fully saturated rings. The van der Waals surface area contributed by atoms with Gasteiger partial charge in [0.1, 0.15) is 17.9 Å². The van der Waals surface area contributed by atoms with Crippen LogP contribution in [-0.2, 0) is 4.79 Å². The lowest BCUT2D eigenvalue weighted by atomic mass is 10.1. The van der Waals surface area contributed by atoms with Gasteiger partial charge in [0.15, 0.2) is 5.82 Å². The van der Waals surface area contributed by atoms with Gasteiger partial charge in [0.2, 0.25) is 0 Å². The van der Waals surface area contributed by atoms with Crippen LogP contribution in [0.25, 0.3) is 16.7 Å². The monoisotopic (exact) mass is 287 g/mol. The summed E-state index contributed by atoms with van der Waals surface area (Å²) in [5, 5.41) is 22.9. The normalized spacial score (nSPS) is 10.9. The van der Waals surface area contributed by atoms with E-state index in [0.717, 1.165) is 6.20 Å². The molecule has 0 spiro atoms. The van der Waals surface area contributed by atoms with E-state index in [9.17, 15) is 14.7 Å². The number of hydrogen-bond donors (Lipinski definition) is 3. The predicted octanol–water partition coefficient (Wildman–Crippen LogP) is 0.425. The first-order valence-corrected chi connectivity index (χ1v) is 5.84. The number of nitrogens with one attached hydrogen (secondary N) is 1. The average Bonchev–Trinajstić information content (AvgIpc) is 3.05. The van der Waals surface area contributed by atoms with Gasteiger partial charge in [0.05, 0.1) is 22.7 Å². The summed E-state index contributed by atoms with van der Waals surface area (Å²) in [7, 11) is 0. The molecule has 3 aromatic heterocycles. The fourth-order valence-corrected chi connectivity index (χ4v) is 2.03. The van der Waals surface area contributed by atoms with Gasteiger partial charge in [-0.1, -0.05) is 0 Å². The van der Waals surface area contributed by atoms with E-state index in [-0.39, 0.29) is 16.7 Å². The maximum absolute atomic E-state index is 11.6. The van der Waals surface area contributed by atoms with Crippen LogP contribution in [-0.4, -0.2) is 46.7 Å². The maximum atomic E-state index is 11.6. The van der Waals surface area contributed by atoms with Crippen LogP contribution >= 0.6 is 0 Å². The van der Waals surface area contributed by atoms with Gasteiger partial charge in [0, 0.05) is 6.20 Å². The predicted molar refractivity (Wildman–Crippen MR) is 69.4 cm³/mol. The number of carbonyl (C=O) groups excluding carboxylic acids is 1. The molecule has 0 saturated carbocycles. The number of ketones is 1. The largest absolute Gasteiger partial charge is 0.506 e. The van der Waals surface area contributed by atoms with Gasteiger partial charge in [-0.3, -0.25) is 4.79 Å². The Morgan fingerprint density at radius 3 is 2.71 bits per heavy atom. The number of nitrogens with zero attached hydrogens (tertiary/aromatic N) is 4. The Hall–Kier alpha value is -3.23. The number of carboxylic acids is 1. The Kier molecular flexibility index (Phi) is 2.68. The molecule has 0 saturated heterocycles. The first-order valence-electron chi connectivity index (χ1n) is 5.84. The number of carbonyl (C=O) groups is 2. The van der Waals surface area contributed by atoms with Gasteiger partial charge in [0.25, 0.3) is 5.78 Å². The van der Waals surface area contributed by atoms with Crippen LogP contribution in [0.1, 0.15) is 16.2 Å². The SMILES string of the molecule is Cc1ncn(-c2ncc(O)c3c(C(=O)C(=O)O)c[nH]c23)n1. The van der Waals surface area contributed by atoms with Crippen LogP contribution in [0.4, 0.5) is 0 Å². The molecule has 0 unspecified atom stereocenters. The highest BCUT2D eigenvalue weighted by molar-refractivity contribution is 6.42. The van der Waals surface area contributed by atoms with E-state index >= 15 is 0 Å². The highest BCUT2D eigenvalue weighted by atomic mass is 16.4. The van der Waals surface area contributed by atoms with E-state index in [1.54, 1.807) is 6.92 Å². The first-order chi connectivity index (χ1) is 9.99. The van der Waals surface area contributed by atoms with Crippen molar-refractivity contribution in [3.05, 3.63) is 30.1 Å². The van der Waals surface area contributed by atoms with Gasteiger partial charge in [-0.2, -0.15) is 5.10 Å². The number of fused-ring (bicyclic) bond motifs is 1. The minimum Gasteiger partial charge on any atom is -0.506 e. The lowest BCUT2D eigenvalue weighted by Gasteiger charge is -2.03. The number of hydrogen-bond acceptors (Lipinski definition) is 6. The van der Waals surface area contributed by atoms with Gasteiger partial charge >= 0.3 is 5.97 Å². The second kappa shape index (κ2) is 4.40. The molecule has 3 rings (SSSR count). The summed E-state index contributed by atoms with van der Waals surface area (Å²) >= 11 is 0. The number of aromatic hydroxyl groups is 1. The van der Waals surface area contributed by atoms with Crippen LogP contribution in [0, 0.1) is 6.92 Å². The molecule has 3 heterocycles. The Balaban J connectivity index is 2.29. The minimum atomic E-state index is -1.61. The van der Waals surface area contributed by atoms with Crippen molar-refractivity contribution in [3.8, 4) is 11.6 Å². The Morgan fingerprint density at radius 1 is 1.33 bits per heavy atom. The van der Waals surface area contributed by atoms with E-state index in [0.29, 0.717) is 17.2 Å². The smallest absolute Gasteiger partial charge is 0.377 e. The zero-order valence-electron chi connectivity index (χ0n) is 10.7. The number of rotatable bonds is 3. The summed E-state index contributed by atoms with van der Waals surface area (Å²) in [5.74, 6) is -2.20. The van der Waals surface area contributed by atoms with E-state index in [4.69, 9.17) is 5.11 Å². The molecule has 9 nitrogen and oxygen atoms in total. The molecule has 0 aliphatic rings. The third kappa shape index (κ3) is 1.91. The molecule has 9 heteroatoms. The Bertz CT molecular complexity index is 879. The molecule has 0 radical (unpaired) electrons. The van der Waals surface area contributed by atoms with E-state index in [2.05, 4.69) is 20.1 Å². The quantitative estimate of drug-likeness (QED) is 0.469. The van der Waals surface area contributed by atoms with Crippen molar-refractivity contribution in [1.29, 1.82) is 0 Å². The highest BCUT2D eigenvalue weighted by Gasteiger charge is 2.23. The molecular weight excluding hydrogens is 278 g/mol. The number of carboxylic acid groups (broad SMARTS) is 1. The van der Waals surface area contributed by atoms with E-state index in [1.807, 2.05) is 0 Å². The lowest BCUT2D eigenvalue weighted by Crippen LogP contribution is -2.12.